The second-order valence-corrected chi connectivity index (χ2v) is 7.37. The Morgan fingerprint density at radius 1 is 1.15 bits per heavy atom. The number of carbonyl (C=O) groups is 1. The molecule has 0 radical (unpaired) electrons. The lowest BCUT2D eigenvalue weighted by molar-refractivity contribution is -0.146. The number of guanidine groups is 1. The van der Waals surface area contributed by atoms with E-state index >= 15 is 0 Å². The Labute approximate surface area is 181 Å². The molecule has 2 saturated heterocycles. The molecule has 7 nitrogen and oxygen atoms in total. The summed E-state index contributed by atoms with van der Waals surface area (Å²) in [7, 11) is 3.68. The van der Waals surface area contributed by atoms with Crippen LogP contribution in [-0.2, 0) is 9.53 Å². The van der Waals surface area contributed by atoms with E-state index in [2.05, 4.69) is 34.0 Å². The maximum absolute atomic E-state index is 11.7. The zero-order chi connectivity index (χ0) is 18.8. The van der Waals surface area contributed by atoms with Crippen LogP contribution >= 0.6 is 24.0 Å². The molecule has 0 amide bonds. The van der Waals surface area contributed by atoms with Gasteiger partial charge in [-0.3, -0.25) is 9.79 Å². The Kier molecular flexibility index (Phi) is 12.3. The summed E-state index contributed by atoms with van der Waals surface area (Å²) in [6.45, 7) is 11.4. The summed E-state index contributed by atoms with van der Waals surface area (Å²) in [6, 6.07) is 0. The molecule has 0 aliphatic carbocycles. The third-order valence-electron chi connectivity index (χ3n) is 5.37. The lowest BCUT2D eigenvalue weighted by Crippen LogP contribution is -2.46. The molecule has 0 spiro atoms. The first kappa shape index (κ1) is 24.4. The molecule has 27 heavy (non-hydrogen) atoms. The molecule has 2 fully saturated rings. The van der Waals surface area contributed by atoms with Crippen molar-refractivity contribution < 1.29 is 9.53 Å². The second-order valence-electron chi connectivity index (χ2n) is 7.37. The van der Waals surface area contributed by atoms with Gasteiger partial charge in [-0.1, -0.05) is 0 Å². The maximum atomic E-state index is 11.7. The zero-order valence-electron chi connectivity index (χ0n) is 17.3. The van der Waals surface area contributed by atoms with E-state index in [1.807, 2.05) is 0 Å². The maximum Gasteiger partial charge on any atom is 0.308 e. The molecule has 1 N–H and O–H groups in total. The molecule has 2 heterocycles. The van der Waals surface area contributed by atoms with E-state index in [1.54, 1.807) is 0 Å². The van der Waals surface area contributed by atoms with Gasteiger partial charge in [0.1, 0.15) is 0 Å². The number of ether oxygens (including phenoxy) is 1. The van der Waals surface area contributed by atoms with E-state index in [4.69, 9.17) is 9.73 Å². The summed E-state index contributed by atoms with van der Waals surface area (Å²) in [5.74, 6) is 0.960. The Balaban J connectivity index is 0.00000364. The second kappa shape index (κ2) is 13.5. The van der Waals surface area contributed by atoms with Crippen LogP contribution in [0.1, 0.15) is 32.6 Å². The number of rotatable bonds is 6. The van der Waals surface area contributed by atoms with Gasteiger partial charge in [-0.15, -0.1) is 24.0 Å². The number of hydrogen-bond acceptors (Lipinski definition) is 5. The quantitative estimate of drug-likeness (QED) is 0.198. The van der Waals surface area contributed by atoms with Crippen molar-refractivity contribution in [3.05, 3.63) is 0 Å². The molecule has 0 atom stereocenters. The van der Waals surface area contributed by atoms with Crippen LogP contribution < -0.4 is 5.32 Å². The van der Waals surface area contributed by atoms with Gasteiger partial charge in [-0.05, 0) is 59.3 Å². The summed E-state index contributed by atoms with van der Waals surface area (Å²) in [4.78, 5) is 23.8. The largest absolute Gasteiger partial charge is 0.469 e. The van der Waals surface area contributed by atoms with Gasteiger partial charge in [0.05, 0.1) is 13.0 Å². The van der Waals surface area contributed by atoms with Gasteiger partial charge in [0.25, 0.3) is 0 Å². The van der Waals surface area contributed by atoms with Gasteiger partial charge in [0, 0.05) is 39.3 Å². The molecule has 0 aromatic heterocycles. The molecular weight excluding hydrogens is 457 g/mol. The van der Waals surface area contributed by atoms with E-state index in [0.717, 1.165) is 57.9 Å². The molecule has 0 saturated carbocycles. The van der Waals surface area contributed by atoms with Crippen LogP contribution in [0.2, 0.25) is 0 Å². The van der Waals surface area contributed by atoms with Crippen molar-refractivity contribution in [2.45, 2.75) is 32.6 Å². The molecule has 0 unspecified atom stereocenters. The fourth-order valence-corrected chi connectivity index (χ4v) is 3.72. The van der Waals surface area contributed by atoms with E-state index in [1.165, 1.54) is 39.7 Å². The van der Waals surface area contributed by atoms with Crippen molar-refractivity contribution in [3.8, 4) is 0 Å². The van der Waals surface area contributed by atoms with Gasteiger partial charge in [-0.2, -0.15) is 0 Å². The Hall–Kier alpha value is -0.610. The number of likely N-dealkylation sites (N-methyl/N-ethyl adjacent to an activating group) is 1. The van der Waals surface area contributed by atoms with Crippen LogP contribution in [0.15, 0.2) is 4.99 Å². The molecule has 2 rings (SSSR count). The minimum atomic E-state index is -0.0744. The average molecular weight is 495 g/mol. The molecular formula is C19H38IN5O2. The number of methoxy groups -OCH3 is 1. The molecule has 2 aliphatic rings. The van der Waals surface area contributed by atoms with Crippen molar-refractivity contribution in [1.82, 2.24) is 20.0 Å². The standard InChI is InChI=1S/C19H37N5O2.HI/c1-4-20-19(24-13-7-17(8-14-24)18(25)26-3)21-9-5-11-23-12-6-10-22(2)15-16-23;/h17H,4-16H2,1-3H3,(H,20,21);1H. The molecule has 158 valence electrons. The smallest absolute Gasteiger partial charge is 0.308 e. The molecule has 0 aromatic carbocycles. The number of nitrogens with zero attached hydrogens (tertiary/aromatic N) is 4. The van der Waals surface area contributed by atoms with Crippen LogP contribution in [0.5, 0.6) is 0 Å². The lowest BCUT2D eigenvalue weighted by Gasteiger charge is -2.33. The van der Waals surface area contributed by atoms with E-state index < -0.39 is 0 Å². The Morgan fingerprint density at radius 2 is 1.89 bits per heavy atom. The predicted molar refractivity (Wildman–Crippen MR) is 121 cm³/mol. The van der Waals surface area contributed by atoms with E-state index in [0.29, 0.717) is 0 Å². The van der Waals surface area contributed by atoms with Gasteiger partial charge in [-0.25, -0.2) is 0 Å². The summed E-state index contributed by atoms with van der Waals surface area (Å²) in [5.41, 5.74) is 0. The zero-order valence-corrected chi connectivity index (χ0v) is 19.6. The van der Waals surface area contributed by atoms with Crippen LogP contribution in [0, 0.1) is 5.92 Å². The Morgan fingerprint density at radius 3 is 2.56 bits per heavy atom. The van der Waals surface area contributed by atoms with Crippen molar-refractivity contribution in [3.63, 3.8) is 0 Å². The van der Waals surface area contributed by atoms with Crippen molar-refractivity contribution >= 4 is 35.9 Å². The van der Waals surface area contributed by atoms with E-state index in [-0.39, 0.29) is 35.9 Å². The first-order chi connectivity index (χ1) is 12.6. The number of nitrogens with one attached hydrogen (secondary N) is 1. The Bertz CT molecular complexity index is 455. The van der Waals surface area contributed by atoms with Crippen molar-refractivity contribution in [1.29, 1.82) is 0 Å². The first-order valence-electron chi connectivity index (χ1n) is 10.2. The minimum Gasteiger partial charge on any atom is -0.469 e. The monoisotopic (exact) mass is 495 g/mol. The predicted octanol–water partition coefficient (Wildman–Crippen LogP) is 1.48. The SMILES string of the molecule is CCNC(=NCCCN1CCCN(C)CC1)N1CCC(C(=O)OC)CC1.I. The van der Waals surface area contributed by atoms with Gasteiger partial charge < -0.3 is 24.8 Å². The highest BCUT2D eigenvalue weighted by molar-refractivity contribution is 14.0. The summed E-state index contributed by atoms with van der Waals surface area (Å²) >= 11 is 0. The fraction of sp³-hybridized carbons (Fsp3) is 0.895. The third-order valence-corrected chi connectivity index (χ3v) is 5.37. The first-order valence-corrected chi connectivity index (χ1v) is 10.2. The number of aliphatic imine (C=N–C) groups is 1. The van der Waals surface area contributed by atoms with Gasteiger partial charge in [0.15, 0.2) is 5.96 Å². The number of carbonyl (C=O) groups excluding carboxylic acids is 1. The van der Waals surface area contributed by atoms with Crippen LogP contribution in [-0.4, -0.2) is 99.7 Å². The lowest BCUT2D eigenvalue weighted by atomic mass is 9.97. The minimum absolute atomic E-state index is 0. The normalized spacial score (nSPS) is 20.7. The van der Waals surface area contributed by atoms with Crippen molar-refractivity contribution in [2.75, 3.05) is 73.1 Å². The summed E-state index contributed by atoms with van der Waals surface area (Å²) in [6.07, 6.45) is 4.05. The van der Waals surface area contributed by atoms with Crippen LogP contribution in [0.3, 0.4) is 0 Å². The highest BCUT2D eigenvalue weighted by Crippen LogP contribution is 2.18. The van der Waals surface area contributed by atoms with Gasteiger partial charge >= 0.3 is 5.97 Å². The number of likely N-dealkylation sites (tertiary alicyclic amines) is 1. The summed E-state index contributed by atoms with van der Waals surface area (Å²) < 4.78 is 4.87. The van der Waals surface area contributed by atoms with E-state index in [9.17, 15) is 4.79 Å². The van der Waals surface area contributed by atoms with Crippen LogP contribution in [0.4, 0.5) is 0 Å². The molecule has 0 bridgehead atoms. The number of esters is 1. The molecule has 8 heteroatoms. The third kappa shape index (κ3) is 8.51. The number of halogens is 1. The number of piperidine rings is 1. The highest BCUT2D eigenvalue weighted by Gasteiger charge is 2.26. The highest BCUT2D eigenvalue weighted by atomic mass is 127. The average Bonchev–Trinajstić information content (AvgIpc) is 2.88. The van der Waals surface area contributed by atoms with Crippen LogP contribution in [0.25, 0.3) is 0 Å². The molecule has 0 aromatic rings. The van der Waals surface area contributed by atoms with Crippen molar-refractivity contribution in [2.24, 2.45) is 10.9 Å². The fourth-order valence-electron chi connectivity index (χ4n) is 3.72. The number of hydrogen-bond donors (Lipinski definition) is 1. The topological polar surface area (TPSA) is 60.4 Å². The van der Waals surface area contributed by atoms with Gasteiger partial charge in [0.2, 0.25) is 0 Å². The molecule has 2 aliphatic heterocycles. The summed E-state index contributed by atoms with van der Waals surface area (Å²) in [5, 5.41) is 3.40.